The second kappa shape index (κ2) is 6.14. The number of carbonyl (C=O) groups excluding carboxylic acids is 1. The lowest BCUT2D eigenvalue weighted by Crippen LogP contribution is -2.09. The van der Waals surface area contributed by atoms with E-state index in [-0.39, 0.29) is 6.61 Å². The molecule has 0 atom stereocenters. The number of ether oxygens (including phenoxy) is 1. The van der Waals surface area contributed by atoms with Gasteiger partial charge in [-0.3, -0.25) is 10.1 Å². The highest BCUT2D eigenvalue weighted by atomic mass is 35.7. The zero-order valence-corrected chi connectivity index (χ0v) is 11.7. The van der Waals surface area contributed by atoms with E-state index < -0.39 is 41.9 Å². The average Bonchev–Trinajstić information content (AvgIpc) is 2.34. The molecular formula is C10H9ClFNO6S. The van der Waals surface area contributed by atoms with Gasteiger partial charge in [0.1, 0.15) is 4.90 Å². The van der Waals surface area contributed by atoms with E-state index in [1.54, 1.807) is 6.92 Å². The topological polar surface area (TPSA) is 104 Å². The average molecular weight is 326 g/mol. The van der Waals surface area contributed by atoms with E-state index in [4.69, 9.17) is 15.4 Å². The van der Waals surface area contributed by atoms with E-state index >= 15 is 0 Å². The van der Waals surface area contributed by atoms with Gasteiger partial charge >= 0.3 is 11.7 Å². The number of nitro groups is 1. The van der Waals surface area contributed by atoms with E-state index in [1.807, 2.05) is 0 Å². The summed E-state index contributed by atoms with van der Waals surface area (Å²) in [6.07, 6.45) is 0.496. The van der Waals surface area contributed by atoms with Gasteiger partial charge in [0.05, 0.1) is 17.1 Å². The molecule has 0 aromatic heterocycles. The number of carbonyl (C=O) groups is 1. The summed E-state index contributed by atoms with van der Waals surface area (Å²) < 4.78 is 40.7. The molecule has 0 bridgehead atoms. The lowest BCUT2D eigenvalue weighted by molar-refractivity contribution is -0.387. The van der Waals surface area contributed by atoms with Crippen molar-refractivity contribution in [3.8, 4) is 0 Å². The second-order valence-electron chi connectivity index (χ2n) is 3.64. The van der Waals surface area contributed by atoms with Crippen LogP contribution in [0.4, 0.5) is 10.1 Å². The van der Waals surface area contributed by atoms with Gasteiger partial charge in [0.2, 0.25) is 5.82 Å². The molecule has 0 N–H and O–H groups in total. The second-order valence-corrected chi connectivity index (χ2v) is 6.17. The summed E-state index contributed by atoms with van der Waals surface area (Å²) in [7, 11) is 0.398. The molecule has 0 aliphatic rings. The zero-order chi connectivity index (χ0) is 15.5. The van der Waals surface area contributed by atoms with Crippen LogP contribution in [0.5, 0.6) is 0 Å². The zero-order valence-electron chi connectivity index (χ0n) is 10.1. The van der Waals surface area contributed by atoms with Crippen molar-refractivity contribution in [1.29, 1.82) is 0 Å². The lowest BCUT2D eigenvalue weighted by atomic mass is 10.2. The third kappa shape index (κ3) is 3.64. The van der Waals surface area contributed by atoms with Crippen LogP contribution in [-0.4, -0.2) is 25.9 Å². The first kappa shape index (κ1) is 16.3. The van der Waals surface area contributed by atoms with Crippen molar-refractivity contribution in [2.75, 3.05) is 6.61 Å². The van der Waals surface area contributed by atoms with Crippen LogP contribution < -0.4 is 0 Å². The Morgan fingerprint density at radius 3 is 2.55 bits per heavy atom. The van der Waals surface area contributed by atoms with Crippen LogP contribution in [0.25, 0.3) is 0 Å². The predicted octanol–water partition coefficient (Wildman–Crippen LogP) is 2.23. The fourth-order valence-corrected chi connectivity index (χ4v) is 2.21. The SMILES string of the molecule is CCCOC(=O)c1cc([N+](=O)[O-])c(F)c(S(=O)(=O)Cl)c1. The summed E-state index contributed by atoms with van der Waals surface area (Å²) in [5, 5.41) is 10.7. The minimum absolute atomic E-state index is 0.0347. The number of nitro benzene ring substituents is 1. The standard InChI is InChI=1S/C10H9ClFNO6S/c1-2-3-19-10(14)6-4-7(13(15)16)9(12)8(5-6)20(11,17)18/h4-5H,2-3H2,1H3. The molecule has 1 rings (SSSR count). The first-order valence-electron chi connectivity index (χ1n) is 5.28. The van der Waals surface area contributed by atoms with Crippen LogP contribution in [0.2, 0.25) is 0 Å². The first-order chi connectivity index (χ1) is 9.18. The van der Waals surface area contributed by atoms with Gasteiger partial charge in [-0.2, -0.15) is 4.39 Å². The minimum Gasteiger partial charge on any atom is -0.462 e. The molecule has 0 spiro atoms. The molecule has 0 aliphatic heterocycles. The van der Waals surface area contributed by atoms with Gasteiger partial charge in [0.25, 0.3) is 9.05 Å². The largest absolute Gasteiger partial charge is 0.462 e. The molecule has 110 valence electrons. The maximum Gasteiger partial charge on any atom is 0.338 e. The van der Waals surface area contributed by atoms with Gasteiger partial charge in [0, 0.05) is 16.7 Å². The molecule has 0 amide bonds. The molecule has 10 heteroatoms. The van der Waals surface area contributed by atoms with Crippen LogP contribution in [0.1, 0.15) is 23.7 Å². The van der Waals surface area contributed by atoms with Crippen LogP contribution in [0.3, 0.4) is 0 Å². The van der Waals surface area contributed by atoms with Gasteiger partial charge in [-0.1, -0.05) is 6.92 Å². The number of benzene rings is 1. The Bertz CT molecular complexity index is 660. The van der Waals surface area contributed by atoms with Crippen molar-refractivity contribution < 1.29 is 27.3 Å². The van der Waals surface area contributed by atoms with E-state index in [2.05, 4.69) is 0 Å². The quantitative estimate of drug-likeness (QED) is 0.356. The molecule has 1 aromatic carbocycles. The number of halogens is 2. The molecule has 0 fully saturated rings. The summed E-state index contributed by atoms with van der Waals surface area (Å²) in [6.45, 7) is 1.75. The first-order valence-corrected chi connectivity index (χ1v) is 7.59. The van der Waals surface area contributed by atoms with E-state index in [1.165, 1.54) is 0 Å². The Labute approximate surface area is 117 Å². The van der Waals surface area contributed by atoms with Crippen LogP contribution in [0.15, 0.2) is 17.0 Å². The number of esters is 1. The van der Waals surface area contributed by atoms with Crippen molar-refractivity contribution in [2.24, 2.45) is 0 Å². The van der Waals surface area contributed by atoms with E-state index in [0.29, 0.717) is 18.6 Å². The molecule has 1 aromatic rings. The third-order valence-electron chi connectivity index (χ3n) is 2.15. The Hall–Kier alpha value is -1.74. The van der Waals surface area contributed by atoms with Gasteiger partial charge < -0.3 is 4.74 Å². The predicted molar refractivity (Wildman–Crippen MR) is 66.7 cm³/mol. The summed E-state index contributed by atoms with van der Waals surface area (Å²) in [5.74, 6) is -2.63. The van der Waals surface area contributed by atoms with E-state index in [9.17, 15) is 27.7 Å². The van der Waals surface area contributed by atoms with Crippen molar-refractivity contribution in [1.82, 2.24) is 0 Å². The third-order valence-corrected chi connectivity index (χ3v) is 3.47. The lowest BCUT2D eigenvalue weighted by Gasteiger charge is -2.06. The highest BCUT2D eigenvalue weighted by Crippen LogP contribution is 2.28. The fraction of sp³-hybridized carbons (Fsp3) is 0.300. The number of rotatable bonds is 5. The van der Waals surface area contributed by atoms with Crippen LogP contribution in [0, 0.1) is 15.9 Å². The van der Waals surface area contributed by atoms with Crippen molar-refractivity contribution >= 4 is 31.4 Å². The molecule has 0 heterocycles. The molecular weight excluding hydrogens is 317 g/mol. The summed E-state index contributed by atoms with van der Waals surface area (Å²) >= 11 is 0. The fourth-order valence-electron chi connectivity index (χ4n) is 1.29. The monoisotopic (exact) mass is 325 g/mol. The molecule has 20 heavy (non-hydrogen) atoms. The van der Waals surface area contributed by atoms with Gasteiger partial charge in [-0.15, -0.1) is 0 Å². The van der Waals surface area contributed by atoms with Crippen LogP contribution >= 0.6 is 10.7 Å². The van der Waals surface area contributed by atoms with Gasteiger partial charge in [-0.25, -0.2) is 13.2 Å². The van der Waals surface area contributed by atoms with Crippen molar-refractivity contribution in [2.45, 2.75) is 18.2 Å². The van der Waals surface area contributed by atoms with Gasteiger partial charge in [0.15, 0.2) is 0 Å². The molecule has 0 aliphatic carbocycles. The molecule has 0 saturated heterocycles. The minimum atomic E-state index is -4.58. The summed E-state index contributed by atoms with van der Waals surface area (Å²) in [6, 6.07) is 1.20. The Balaban J connectivity index is 3.45. The van der Waals surface area contributed by atoms with Gasteiger partial charge in [-0.05, 0) is 12.5 Å². The maximum absolute atomic E-state index is 13.7. The molecule has 7 nitrogen and oxygen atoms in total. The maximum atomic E-state index is 13.7. The number of hydrogen-bond acceptors (Lipinski definition) is 6. The Morgan fingerprint density at radius 1 is 1.50 bits per heavy atom. The molecule has 0 unspecified atom stereocenters. The van der Waals surface area contributed by atoms with Crippen molar-refractivity contribution in [3.63, 3.8) is 0 Å². The van der Waals surface area contributed by atoms with E-state index in [0.717, 1.165) is 0 Å². The molecule has 0 radical (unpaired) electrons. The Morgan fingerprint density at radius 2 is 2.10 bits per heavy atom. The highest BCUT2D eigenvalue weighted by Gasteiger charge is 2.28. The Kier molecular flexibility index (Phi) is 5.01. The van der Waals surface area contributed by atoms with Crippen LogP contribution in [-0.2, 0) is 13.8 Å². The summed E-state index contributed by atoms with van der Waals surface area (Å²) in [5.41, 5.74) is -1.64. The number of nitrogens with zero attached hydrogens (tertiary/aromatic N) is 1. The normalized spacial score (nSPS) is 11.2. The summed E-state index contributed by atoms with van der Waals surface area (Å²) in [4.78, 5) is 19.9. The smallest absolute Gasteiger partial charge is 0.338 e. The number of hydrogen-bond donors (Lipinski definition) is 0. The highest BCUT2D eigenvalue weighted by molar-refractivity contribution is 8.13. The molecule has 0 saturated carbocycles. The van der Waals surface area contributed by atoms with Crippen molar-refractivity contribution in [3.05, 3.63) is 33.6 Å².